The van der Waals surface area contributed by atoms with E-state index < -0.39 is 16.1 Å². The Labute approximate surface area is 130 Å². The highest BCUT2D eigenvalue weighted by atomic mass is 79.9. The van der Waals surface area contributed by atoms with Crippen molar-refractivity contribution in [2.45, 2.75) is 24.3 Å². The van der Waals surface area contributed by atoms with E-state index in [4.69, 9.17) is 11.6 Å². The van der Waals surface area contributed by atoms with Crippen LogP contribution in [0.4, 0.5) is 0 Å². The fourth-order valence-corrected chi connectivity index (χ4v) is 3.87. The van der Waals surface area contributed by atoms with Crippen LogP contribution in [0, 0.1) is 0 Å². The molecule has 1 unspecified atom stereocenters. The lowest BCUT2D eigenvalue weighted by Gasteiger charge is -2.15. The highest BCUT2D eigenvalue weighted by molar-refractivity contribution is 9.10. The predicted octanol–water partition coefficient (Wildman–Crippen LogP) is 2.65. The molecule has 0 amide bonds. The molecule has 6 nitrogen and oxygen atoms in total. The van der Waals surface area contributed by atoms with Crippen molar-refractivity contribution in [3.63, 3.8) is 0 Å². The van der Waals surface area contributed by atoms with Gasteiger partial charge in [0.15, 0.2) is 0 Å². The minimum atomic E-state index is -3.79. The van der Waals surface area contributed by atoms with E-state index in [0.717, 1.165) is 0 Å². The smallest absolute Gasteiger partial charge is 0.244 e. The van der Waals surface area contributed by atoms with Crippen molar-refractivity contribution < 1.29 is 8.42 Å². The van der Waals surface area contributed by atoms with Gasteiger partial charge in [-0.15, -0.1) is 0 Å². The van der Waals surface area contributed by atoms with Crippen LogP contribution in [0.15, 0.2) is 34.0 Å². The van der Waals surface area contributed by atoms with Crippen molar-refractivity contribution in [1.29, 1.82) is 0 Å². The third kappa shape index (κ3) is 3.38. The number of aromatic nitrogens is 3. The molecule has 0 fully saturated rings. The number of hydrogen-bond acceptors (Lipinski definition) is 4. The maximum absolute atomic E-state index is 12.4. The molecule has 0 radical (unpaired) electrons. The first-order valence-electron chi connectivity index (χ1n) is 5.76. The first kappa shape index (κ1) is 15.4. The lowest BCUT2D eigenvalue weighted by Crippen LogP contribution is -2.29. The number of hydrogen-bond donors (Lipinski definition) is 2. The second-order valence-electron chi connectivity index (χ2n) is 4.00. The maximum atomic E-state index is 12.4. The van der Waals surface area contributed by atoms with Gasteiger partial charge in [-0.3, -0.25) is 0 Å². The van der Waals surface area contributed by atoms with Gasteiger partial charge in [0, 0.05) is 23.1 Å². The average Bonchev–Trinajstić information content (AvgIpc) is 2.92. The third-order valence-electron chi connectivity index (χ3n) is 2.62. The fourth-order valence-electron chi connectivity index (χ4n) is 1.64. The van der Waals surface area contributed by atoms with E-state index in [0.29, 0.717) is 16.7 Å². The molecule has 2 aromatic rings. The Morgan fingerprint density at radius 1 is 1.50 bits per heavy atom. The quantitative estimate of drug-likeness (QED) is 0.782. The molecule has 0 bridgehead atoms. The van der Waals surface area contributed by atoms with Crippen LogP contribution in [-0.4, -0.2) is 23.4 Å². The second-order valence-corrected chi connectivity index (χ2v) is 6.96. The van der Waals surface area contributed by atoms with Crippen LogP contribution in [0.2, 0.25) is 5.15 Å². The van der Waals surface area contributed by atoms with E-state index in [2.05, 4.69) is 35.6 Å². The lowest BCUT2D eigenvalue weighted by atomic mass is 10.2. The molecule has 2 N–H and O–H groups in total. The van der Waals surface area contributed by atoms with Gasteiger partial charge in [0.2, 0.25) is 10.0 Å². The normalized spacial score (nSPS) is 13.3. The summed E-state index contributed by atoms with van der Waals surface area (Å²) >= 11 is 9.04. The number of rotatable bonds is 5. The zero-order chi connectivity index (χ0) is 14.8. The number of nitrogens with zero attached hydrogens (tertiary/aromatic N) is 2. The van der Waals surface area contributed by atoms with Crippen LogP contribution in [0.25, 0.3) is 0 Å². The van der Waals surface area contributed by atoms with Crippen LogP contribution < -0.4 is 4.72 Å². The van der Waals surface area contributed by atoms with E-state index in [1.165, 1.54) is 12.3 Å². The number of imidazole rings is 1. The number of nitrogens with one attached hydrogen (secondary N) is 2. The molecule has 9 heteroatoms. The van der Waals surface area contributed by atoms with Crippen LogP contribution in [0.3, 0.4) is 0 Å². The van der Waals surface area contributed by atoms with E-state index in [1.54, 1.807) is 12.4 Å². The summed E-state index contributed by atoms with van der Waals surface area (Å²) < 4.78 is 27.8. The van der Waals surface area contributed by atoms with Gasteiger partial charge >= 0.3 is 0 Å². The summed E-state index contributed by atoms with van der Waals surface area (Å²) in [5.41, 5.74) is 0. The molecule has 20 heavy (non-hydrogen) atoms. The molecule has 2 heterocycles. The first-order chi connectivity index (χ1) is 9.44. The van der Waals surface area contributed by atoms with Gasteiger partial charge < -0.3 is 4.98 Å². The van der Waals surface area contributed by atoms with Gasteiger partial charge in [-0.05, 0) is 28.4 Å². The molecule has 108 valence electrons. The van der Waals surface area contributed by atoms with Crippen LogP contribution in [0.5, 0.6) is 0 Å². The standard InChI is InChI=1S/C11H12BrClN4O2S/c1-2-8(11-14-3-4-15-11)17-20(18,19)9-5-7(12)6-16-10(9)13/h3-6,8,17H,2H2,1H3,(H,14,15). The van der Waals surface area contributed by atoms with Crippen molar-refractivity contribution in [2.75, 3.05) is 0 Å². The number of aromatic amines is 1. The Kier molecular flexibility index (Phi) is 4.79. The maximum Gasteiger partial charge on any atom is 0.244 e. The first-order valence-corrected chi connectivity index (χ1v) is 8.42. The number of H-pyrrole nitrogens is 1. The molecule has 0 saturated carbocycles. The second kappa shape index (κ2) is 6.21. The third-order valence-corrected chi connectivity index (χ3v) is 4.95. The summed E-state index contributed by atoms with van der Waals surface area (Å²) in [5, 5.41) is -0.0741. The Morgan fingerprint density at radius 2 is 2.25 bits per heavy atom. The summed E-state index contributed by atoms with van der Waals surface area (Å²) in [5.74, 6) is 0.551. The highest BCUT2D eigenvalue weighted by Gasteiger charge is 2.24. The monoisotopic (exact) mass is 378 g/mol. The van der Waals surface area contributed by atoms with Crippen molar-refractivity contribution in [3.05, 3.63) is 40.1 Å². The molecule has 0 aliphatic carbocycles. The summed E-state index contributed by atoms with van der Waals surface area (Å²) in [6.07, 6.45) is 5.19. The topological polar surface area (TPSA) is 87.7 Å². The lowest BCUT2D eigenvalue weighted by molar-refractivity contribution is 0.539. The molecular weight excluding hydrogens is 368 g/mol. The van der Waals surface area contributed by atoms with Crippen LogP contribution in [0.1, 0.15) is 25.2 Å². The van der Waals surface area contributed by atoms with Gasteiger partial charge in [0.1, 0.15) is 15.9 Å². The molecule has 0 aliphatic rings. The molecule has 2 aromatic heterocycles. The Balaban J connectivity index is 2.33. The van der Waals surface area contributed by atoms with Crippen molar-refractivity contribution in [1.82, 2.24) is 19.7 Å². The Bertz CT molecular complexity index is 690. The molecule has 0 aliphatic heterocycles. The average molecular weight is 380 g/mol. The molecule has 0 aromatic carbocycles. The highest BCUT2D eigenvalue weighted by Crippen LogP contribution is 2.24. The van der Waals surface area contributed by atoms with Gasteiger partial charge in [-0.2, -0.15) is 0 Å². The van der Waals surface area contributed by atoms with Crippen molar-refractivity contribution in [3.8, 4) is 0 Å². The summed E-state index contributed by atoms with van der Waals surface area (Å²) in [7, 11) is -3.79. The van der Waals surface area contributed by atoms with Crippen molar-refractivity contribution in [2.24, 2.45) is 0 Å². The van der Waals surface area contributed by atoms with Gasteiger partial charge in [0.25, 0.3) is 0 Å². The van der Waals surface area contributed by atoms with Gasteiger partial charge in [-0.1, -0.05) is 18.5 Å². The Hall–Kier alpha value is -0.960. The fraction of sp³-hybridized carbons (Fsp3) is 0.273. The van der Waals surface area contributed by atoms with Crippen LogP contribution >= 0.6 is 27.5 Å². The largest absolute Gasteiger partial charge is 0.347 e. The summed E-state index contributed by atoms with van der Waals surface area (Å²) in [6.45, 7) is 1.86. The molecule has 0 saturated heterocycles. The van der Waals surface area contributed by atoms with Gasteiger partial charge in [0.05, 0.1) is 6.04 Å². The summed E-state index contributed by atoms with van der Waals surface area (Å²) in [4.78, 5) is 10.7. The Morgan fingerprint density at radius 3 is 2.85 bits per heavy atom. The molecule has 2 rings (SSSR count). The van der Waals surface area contributed by atoms with Crippen molar-refractivity contribution >= 4 is 37.6 Å². The summed E-state index contributed by atoms with van der Waals surface area (Å²) in [6, 6.07) is 0.956. The minimum absolute atomic E-state index is 0.0708. The van der Waals surface area contributed by atoms with Gasteiger partial charge in [-0.25, -0.2) is 23.1 Å². The molecular formula is C11H12BrClN4O2S. The number of halogens is 2. The van der Waals surface area contributed by atoms with Crippen LogP contribution in [-0.2, 0) is 10.0 Å². The molecule has 1 atom stereocenters. The molecule has 0 spiro atoms. The van der Waals surface area contributed by atoms with E-state index in [-0.39, 0.29) is 10.0 Å². The predicted molar refractivity (Wildman–Crippen MR) is 78.9 cm³/mol. The zero-order valence-electron chi connectivity index (χ0n) is 10.5. The zero-order valence-corrected chi connectivity index (χ0v) is 13.6. The van der Waals surface area contributed by atoms with E-state index in [9.17, 15) is 8.42 Å². The van der Waals surface area contributed by atoms with E-state index >= 15 is 0 Å². The SMILES string of the molecule is CCC(NS(=O)(=O)c1cc(Br)cnc1Cl)c1ncc[nH]1. The van der Waals surface area contributed by atoms with E-state index in [1.807, 2.05) is 6.92 Å². The number of sulfonamides is 1. The number of pyridine rings is 1. The minimum Gasteiger partial charge on any atom is -0.347 e.